The highest BCUT2D eigenvalue weighted by Gasteiger charge is 2.20. The molecule has 0 heterocycles. The van der Waals surface area contributed by atoms with E-state index in [-0.39, 0.29) is 6.10 Å². The second kappa shape index (κ2) is 5.45. The molecule has 1 aliphatic rings. The molecule has 0 aromatic heterocycles. The fourth-order valence-electron chi connectivity index (χ4n) is 2.70. The minimum atomic E-state index is 0.189. The Morgan fingerprint density at radius 3 is 2.63 bits per heavy atom. The van der Waals surface area contributed by atoms with E-state index in [2.05, 4.69) is 24.3 Å². The van der Waals surface area contributed by atoms with Gasteiger partial charge in [0.05, 0.1) is 0 Å². The molecular formula is C17H19NO. The molecule has 3 rings (SSSR count). The van der Waals surface area contributed by atoms with Crippen molar-refractivity contribution in [3.63, 3.8) is 0 Å². The predicted octanol–water partition coefficient (Wildman–Crippen LogP) is 3.60. The van der Waals surface area contributed by atoms with Crippen molar-refractivity contribution < 1.29 is 4.74 Å². The van der Waals surface area contributed by atoms with Crippen molar-refractivity contribution in [2.24, 2.45) is 5.73 Å². The molecule has 0 saturated carbocycles. The van der Waals surface area contributed by atoms with Crippen LogP contribution >= 0.6 is 0 Å². The van der Waals surface area contributed by atoms with Gasteiger partial charge in [-0.05, 0) is 48.1 Å². The van der Waals surface area contributed by atoms with Gasteiger partial charge >= 0.3 is 0 Å². The van der Waals surface area contributed by atoms with Crippen LogP contribution in [0.25, 0.3) is 0 Å². The molecule has 0 spiro atoms. The van der Waals surface area contributed by atoms with E-state index in [0.717, 1.165) is 17.7 Å². The van der Waals surface area contributed by atoms with Crippen LogP contribution in [0.4, 0.5) is 0 Å². The third kappa shape index (κ3) is 2.64. The minimum Gasteiger partial charge on any atom is -0.486 e. The van der Waals surface area contributed by atoms with Gasteiger partial charge in [0.1, 0.15) is 11.9 Å². The van der Waals surface area contributed by atoms with E-state index in [1.807, 2.05) is 24.3 Å². The number of hydrogen-bond donors (Lipinski definition) is 1. The number of fused-ring (bicyclic) bond motifs is 1. The van der Waals surface area contributed by atoms with Crippen molar-refractivity contribution in [2.45, 2.75) is 31.9 Å². The summed E-state index contributed by atoms with van der Waals surface area (Å²) in [6, 6.07) is 16.7. The second-order valence-corrected chi connectivity index (χ2v) is 5.05. The van der Waals surface area contributed by atoms with Gasteiger partial charge in [-0.1, -0.05) is 36.4 Å². The van der Waals surface area contributed by atoms with Crippen LogP contribution in [0, 0.1) is 0 Å². The molecule has 2 nitrogen and oxygen atoms in total. The van der Waals surface area contributed by atoms with E-state index in [1.54, 1.807) is 0 Å². The predicted molar refractivity (Wildman–Crippen MR) is 77.1 cm³/mol. The molecule has 2 heteroatoms. The summed E-state index contributed by atoms with van der Waals surface area (Å²) in [6.07, 6.45) is 3.65. The molecule has 2 aromatic carbocycles. The smallest absolute Gasteiger partial charge is 0.124 e. The average Bonchev–Trinajstić information content (AvgIpc) is 2.48. The van der Waals surface area contributed by atoms with Crippen molar-refractivity contribution in [1.29, 1.82) is 0 Å². The summed E-state index contributed by atoms with van der Waals surface area (Å²) < 4.78 is 6.14. The van der Waals surface area contributed by atoms with Crippen molar-refractivity contribution >= 4 is 0 Å². The zero-order valence-electron chi connectivity index (χ0n) is 11.0. The first-order valence-corrected chi connectivity index (χ1v) is 6.90. The Bertz CT molecular complexity index is 547. The van der Waals surface area contributed by atoms with E-state index in [1.165, 1.54) is 24.0 Å². The maximum atomic E-state index is 6.14. The highest BCUT2D eigenvalue weighted by Crippen LogP contribution is 2.33. The number of rotatable bonds is 3. The molecule has 0 saturated heterocycles. The summed E-state index contributed by atoms with van der Waals surface area (Å²) in [4.78, 5) is 0. The number of ether oxygens (including phenoxy) is 1. The summed E-state index contributed by atoms with van der Waals surface area (Å²) in [7, 11) is 0. The third-order valence-corrected chi connectivity index (χ3v) is 3.75. The molecule has 1 atom stereocenters. The Kier molecular flexibility index (Phi) is 3.51. The molecule has 1 unspecified atom stereocenters. The van der Waals surface area contributed by atoms with Crippen LogP contribution in [0.5, 0.6) is 5.75 Å². The van der Waals surface area contributed by atoms with Gasteiger partial charge in [-0.15, -0.1) is 0 Å². The monoisotopic (exact) mass is 253 g/mol. The van der Waals surface area contributed by atoms with Crippen LogP contribution in [0.2, 0.25) is 0 Å². The van der Waals surface area contributed by atoms with Gasteiger partial charge in [-0.3, -0.25) is 0 Å². The Morgan fingerprint density at radius 2 is 1.84 bits per heavy atom. The first-order valence-electron chi connectivity index (χ1n) is 6.90. The van der Waals surface area contributed by atoms with Gasteiger partial charge in [0.25, 0.3) is 0 Å². The zero-order valence-corrected chi connectivity index (χ0v) is 11.0. The normalized spacial score (nSPS) is 17.8. The molecule has 1 aliphatic carbocycles. The number of benzene rings is 2. The topological polar surface area (TPSA) is 35.2 Å². The highest BCUT2D eigenvalue weighted by atomic mass is 16.5. The number of nitrogens with two attached hydrogens (primary N) is 1. The Morgan fingerprint density at radius 1 is 1.05 bits per heavy atom. The van der Waals surface area contributed by atoms with E-state index in [9.17, 15) is 0 Å². The van der Waals surface area contributed by atoms with Crippen molar-refractivity contribution in [3.8, 4) is 5.75 Å². The van der Waals surface area contributed by atoms with Crippen LogP contribution in [0.3, 0.4) is 0 Å². The van der Waals surface area contributed by atoms with E-state index in [4.69, 9.17) is 10.5 Å². The van der Waals surface area contributed by atoms with Gasteiger partial charge in [-0.25, -0.2) is 0 Å². The van der Waals surface area contributed by atoms with Crippen molar-refractivity contribution in [2.75, 3.05) is 0 Å². The van der Waals surface area contributed by atoms with E-state index >= 15 is 0 Å². The standard InChI is InChI=1S/C17H19NO/c18-12-13-8-10-15(11-9-13)19-17-7-3-5-14-4-1-2-6-16(14)17/h1-2,4,6,8-11,17H,3,5,7,12,18H2. The van der Waals surface area contributed by atoms with Gasteiger partial charge in [-0.2, -0.15) is 0 Å². The van der Waals surface area contributed by atoms with Gasteiger partial charge in [0.15, 0.2) is 0 Å². The summed E-state index contributed by atoms with van der Waals surface area (Å²) in [5.41, 5.74) is 9.51. The van der Waals surface area contributed by atoms with Crippen LogP contribution in [0.1, 0.15) is 35.6 Å². The largest absolute Gasteiger partial charge is 0.486 e. The lowest BCUT2D eigenvalue weighted by molar-refractivity contribution is 0.183. The Hall–Kier alpha value is -1.80. The van der Waals surface area contributed by atoms with E-state index in [0.29, 0.717) is 6.54 Å². The Labute approximate surface area is 114 Å². The molecule has 0 fully saturated rings. The molecule has 0 bridgehead atoms. The maximum Gasteiger partial charge on any atom is 0.124 e. The lowest BCUT2D eigenvalue weighted by Gasteiger charge is -2.26. The first kappa shape index (κ1) is 12.2. The summed E-state index contributed by atoms with van der Waals surface area (Å²) >= 11 is 0. The quantitative estimate of drug-likeness (QED) is 0.907. The fraction of sp³-hybridized carbons (Fsp3) is 0.294. The molecular weight excluding hydrogens is 234 g/mol. The average molecular weight is 253 g/mol. The maximum absolute atomic E-state index is 6.14. The summed E-state index contributed by atoms with van der Waals surface area (Å²) in [5, 5.41) is 0. The highest BCUT2D eigenvalue weighted by molar-refractivity contribution is 5.33. The number of hydrogen-bond acceptors (Lipinski definition) is 2. The second-order valence-electron chi connectivity index (χ2n) is 5.05. The molecule has 0 radical (unpaired) electrons. The molecule has 2 N–H and O–H groups in total. The van der Waals surface area contributed by atoms with Crippen LogP contribution in [0.15, 0.2) is 48.5 Å². The fourth-order valence-corrected chi connectivity index (χ4v) is 2.70. The van der Waals surface area contributed by atoms with Gasteiger partial charge < -0.3 is 10.5 Å². The molecule has 98 valence electrons. The molecule has 19 heavy (non-hydrogen) atoms. The molecule has 0 amide bonds. The SMILES string of the molecule is NCc1ccc(OC2CCCc3ccccc32)cc1. The van der Waals surface area contributed by atoms with E-state index < -0.39 is 0 Å². The van der Waals surface area contributed by atoms with Crippen molar-refractivity contribution in [1.82, 2.24) is 0 Å². The first-order chi connectivity index (χ1) is 9.36. The van der Waals surface area contributed by atoms with Crippen LogP contribution < -0.4 is 10.5 Å². The van der Waals surface area contributed by atoms with Crippen molar-refractivity contribution in [3.05, 3.63) is 65.2 Å². The third-order valence-electron chi connectivity index (χ3n) is 3.75. The zero-order chi connectivity index (χ0) is 13.1. The minimum absolute atomic E-state index is 0.189. The molecule has 2 aromatic rings. The number of aryl methyl sites for hydroxylation is 1. The van der Waals surface area contributed by atoms with Gasteiger partial charge in [0.2, 0.25) is 0 Å². The van der Waals surface area contributed by atoms with Gasteiger partial charge in [0, 0.05) is 6.54 Å². The molecule has 0 aliphatic heterocycles. The lowest BCUT2D eigenvalue weighted by atomic mass is 9.89. The lowest BCUT2D eigenvalue weighted by Crippen LogP contribution is -2.15. The summed E-state index contributed by atoms with van der Waals surface area (Å²) in [6.45, 7) is 0.576. The van der Waals surface area contributed by atoms with Crippen LogP contribution in [-0.4, -0.2) is 0 Å². The Balaban J connectivity index is 1.80. The van der Waals surface area contributed by atoms with Crippen LogP contribution in [-0.2, 0) is 13.0 Å². The summed E-state index contributed by atoms with van der Waals surface area (Å²) in [5.74, 6) is 0.930.